The van der Waals surface area contributed by atoms with Crippen LogP contribution in [0.2, 0.25) is 0 Å². The topological polar surface area (TPSA) is 139 Å². The Kier molecular flexibility index (Phi) is 4.89. The molecule has 1 aromatic rings. The number of rotatable bonds is 4. The number of carbonyl (C=O) groups excluding carboxylic acids is 2. The molecule has 1 aliphatic heterocycles. The predicted molar refractivity (Wildman–Crippen MR) is 84.9 cm³/mol. The second kappa shape index (κ2) is 6.26. The second-order valence-electron chi connectivity index (χ2n) is 5.39. The van der Waals surface area contributed by atoms with Gasteiger partial charge in [-0.2, -0.15) is 0 Å². The summed E-state index contributed by atoms with van der Waals surface area (Å²) in [6.45, 7) is 2.20. The lowest BCUT2D eigenvalue weighted by atomic mass is 9.86. The molecule has 4 unspecified atom stereocenters. The van der Waals surface area contributed by atoms with Crippen LogP contribution in [0.25, 0.3) is 0 Å². The zero-order chi connectivity index (χ0) is 17.5. The zero-order valence-electron chi connectivity index (χ0n) is 12.3. The van der Waals surface area contributed by atoms with E-state index in [0.29, 0.717) is 0 Å². The SMILES string of the molecule is CC(=O)C(O)C1OC(n2cc(I)c(=O)[nH]c2=O)CC1(O)C(C)=O. The summed E-state index contributed by atoms with van der Waals surface area (Å²) in [5.41, 5.74) is -3.48. The van der Waals surface area contributed by atoms with E-state index >= 15 is 0 Å². The molecule has 10 heteroatoms. The summed E-state index contributed by atoms with van der Waals surface area (Å²) >= 11 is 1.71. The average molecular weight is 438 g/mol. The lowest BCUT2D eigenvalue weighted by Crippen LogP contribution is -2.52. The first-order chi connectivity index (χ1) is 10.6. The summed E-state index contributed by atoms with van der Waals surface area (Å²) in [6.07, 6.45) is -3.44. The van der Waals surface area contributed by atoms with E-state index in [0.717, 1.165) is 18.4 Å². The van der Waals surface area contributed by atoms with E-state index in [1.807, 2.05) is 0 Å². The van der Waals surface area contributed by atoms with E-state index in [4.69, 9.17) is 4.74 Å². The minimum atomic E-state index is -2.11. The Balaban J connectivity index is 2.47. The number of aromatic nitrogens is 2. The monoisotopic (exact) mass is 438 g/mol. The van der Waals surface area contributed by atoms with Gasteiger partial charge in [-0.15, -0.1) is 0 Å². The van der Waals surface area contributed by atoms with E-state index in [1.54, 1.807) is 22.6 Å². The largest absolute Gasteiger partial charge is 0.382 e. The lowest BCUT2D eigenvalue weighted by molar-refractivity contribution is -0.158. The molecule has 3 N–H and O–H groups in total. The molecule has 4 atom stereocenters. The molecule has 2 rings (SSSR count). The highest BCUT2D eigenvalue weighted by Crippen LogP contribution is 2.38. The van der Waals surface area contributed by atoms with Crippen LogP contribution in [-0.2, 0) is 14.3 Å². The Morgan fingerprint density at radius 1 is 1.48 bits per heavy atom. The van der Waals surface area contributed by atoms with Crippen LogP contribution in [0.5, 0.6) is 0 Å². The molecule has 0 aromatic carbocycles. The van der Waals surface area contributed by atoms with Crippen LogP contribution in [0.4, 0.5) is 0 Å². The van der Waals surface area contributed by atoms with Gasteiger partial charge in [0.25, 0.3) is 5.56 Å². The van der Waals surface area contributed by atoms with Crippen molar-refractivity contribution in [3.63, 3.8) is 0 Å². The number of carbonyl (C=O) groups is 2. The highest BCUT2D eigenvalue weighted by molar-refractivity contribution is 14.1. The maximum atomic E-state index is 11.9. The van der Waals surface area contributed by atoms with Crippen LogP contribution in [0.15, 0.2) is 15.8 Å². The Labute approximate surface area is 143 Å². The van der Waals surface area contributed by atoms with E-state index in [2.05, 4.69) is 4.98 Å². The number of hydrogen-bond donors (Lipinski definition) is 3. The molecule has 0 spiro atoms. The maximum absolute atomic E-state index is 11.9. The molecule has 1 aliphatic rings. The Hall–Kier alpha value is -1.37. The van der Waals surface area contributed by atoms with E-state index < -0.39 is 46.9 Å². The third-order valence-electron chi connectivity index (χ3n) is 3.81. The highest BCUT2D eigenvalue weighted by atomic mass is 127. The molecule has 9 nitrogen and oxygen atoms in total. The highest BCUT2D eigenvalue weighted by Gasteiger charge is 2.55. The van der Waals surface area contributed by atoms with Gasteiger partial charge < -0.3 is 14.9 Å². The van der Waals surface area contributed by atoms with Crippen LogP contribution in [0.1, 0.15) is 26.5 Å². The smallest absolute Gasteiger partial charge is 0.330 e. The number of nitrogens with one attached hydrogen (secondary N) is 1. The normalized spacial score (nSPS) is 28.6. The van der Waals surface area contributed by atoms with Crippen LogP contribution in [-0.4, -0.2) is 49.1 Å². The van der Waals surface area contributed by atoms with Crippen molar-refractivity contribution in [2.24, 2.45) is 0 Å². The van der Waals surface area contributed by atoms with Crippen molar-refractivity contribution in [1.82, 2.24) is 9.55 Å². The summed E-state index contributed by atoms with van der Waals surface area (Å²) in [7, 11) is 0. The lowest BCUT2D eigenvalue weighted by Gasteiger charge is -2.27. The fraction of sp³-hybridized carbons (Fsp3) is 0.538. The van der Waals surface area contributed by atoms with Crippen molar-refractivity contribution in [3.8, 4) is 0 Å². The number of ether oxygens (including phenoxy) is 1. The number of aliphatic hydroxyl groups is 2. The minimum absolute atomic E-state index is 0.202. The van der Waals surface area contributed by atoms with Gasteiger partial charge >= 0.3 is 5.69 Å². The third-order valence-corrected chi connectivity index (χ3v) is 4.58. The number of aromatic amines is 1. The van der Waals surface area contributed by atoms with Gasteiger partial charge in [-0.3, -0.25) is 23.9 Å². The van der Waals surface area contributed by atoms with Crippen molar-refractivity contribution in [2.45, 2.75) is 44.3 Å². The van der Waals surface area contributed by atoms with Gasteiger partial charge in [0.2, 0.25) is 0 Å². The summed E-state index contributed by atoms with van der Waals surface area (Å²) in [5.74, 6) is -1.38. The van der Waals surface area contributed by atoms with Gasteiger partial charge in [-0.1, -0.05) is 0 Å². The molecule has 1 aromatic heterocycles. The van der Waals surface area contributed by atoms with Gasteiger partial charge in [0.1, 0.15) is 18.4 Å². The number of hydrogen-bond acceptors (Lipinski definition) is 7. The number of nitrogens with zero attached hydrogens (tertiary/aromatic N) is 1. The Morgan fingerprint density at radius 3 is 2.61 bits per heavy atom. The van der Waals surface area contributed by atoms with Gasteiger partial charge in [0.15, 0.2) is 17.2 Å². The number of ketones is 2. The predicted octanol–water partition coefficient (Wildman–Crippen LogP) is -1.30. The average Bonchev–Trinajstić information content (AvgIpc) is 2.81. The standard InChI is InChI=1S/C13H15IN2O7/c1-5(17)9(19)10-13(22,6(2)18)3-8(23-10)16-4-7(14)11(20)15-12(16)21/h4,8-10,19,22H,3H2,1-2H3,(H,15,20,21). The molecule has 126 valence electrons. The number of halogens is 1. The van der Waals surface area contributed by atoms with Crippen molar-refractivity contribution in [2.75, 3.05) is 0 Å². The molecule has 0 bridgehead atoms. The number of Topliss-reactive ketones (excluding diaryl/α,β-unsaturated/α-hetero) is 2. The van der Waals surface area contributed by atoms with Crippen LogP contribution >= 0.6 is 22.6 Å². The van der Waals surface area contributed by atoms with Crippen molar-refractivity contribution in [1.29, 1.82) is 0 Å². The van der Waals surface area contributed by atoms with Crippen molar-refractivity contribution >= 4 is 34.2 Å². The first-order valence-corrected chi connectivity index (χ1v) is 7.74. The zero-order valence-corrected chi connectivity index (χ0v) is 14.4. The third kappa shape index (κ3) is 3.16. The van der Waals surface area contributed by atoms with Gasteiger partial charge in [-0.05, 0) is 36.4 Å². The van der Waals surface area contributed by atoms with Crippen LogP contribution < -0.4 is 11.2 Å². The molecule has 0 saturated carbocycles. The van der Waals surface area contributed by atoms with Gasteiger partial charge in [0, 0.05) is 12.6 Å². The van der Waals surface area contributed by atoms with E-state index in [1.165, 1.54) is 6.20 Å². The molecule has 0 aliphatic carbocycles. The summed E-state index contributed by atoms with van der Waals surface area (Å²) < 4.78 is 6.62. The van der Waals surface area contributed by atoms with Crippen molar-refractivity contribution in [3.05, 3.63) is 30.6 Å². The maximum Gasteiger partial charge on any atom is 0.330 e. The fourth-order valence-electron chi connectivity index (χ4n) is 2.44. The molecule has 1 saturated heterocycles. The van der Waals surface area contributed by atoms with Gasteiger partial charge in [0.05, 0.1) is 3.57 Å². The molecular formula is C13H15IN2O7. The van der Waals surface area contributed by atoms with E-state index in [-0.39, 0.29) is 9.99 Å². The number of aliphatic hydroxyl groups excluding tert-OH is 1. The molecule has 23 heavy (non-hydrogen) atoms. The molecule has 0 radical (unpaired) electrons. The van der Waals surface area contributed by atoms with Crippen LogP contribution in [0.3, 0.4) is 0 Å². The summed E-state index contributed by atoms with van der Waals surface area (Å²) in [6, 6.07) is 0. The molecule has 1 fully saturated rings. The fourth-order valence-corrected chi connectivity index (χ4v) is 2.88. The Bertz CT molecular complexity index is 770. The van der Waals surface area contributed by atoms with Crippen LogP contribution in [0, 0.1) is 3.57 Å². The second-order valence-corrected chi connectivity index (χ2v) is 6.56. The minimum Gasteiger partial charge on any atom is -0.382 e. The molecular weight excluding hydrogens is 423 g/mol. The van der Waals surface area contributed by atoms with E-state index in [9.17, 15) is 29.4 Å². The Morgan fingerprint density at radius 2 is 2.09 bits per heavy atom. The quantitative estimate of drug-likeness (QED) is 0.497. The number of H-pyrrole nitrogens is 1. The first-order valence-electron chi connectivity index (χ1n) is 6.66. The molecule has 2 heterocycles. The summed E-state index contributed by atoms with van der Waals surface area (Å²) in [4.78, 5) is 48.5. The van der Waals surface area contributed by atoms with Gasteiger partial charge in [-0.25, -0.2) is 4.79 Å². The summed E-state index contributed by atoms with van der Waals surface area (Å²) in [5, 5.41) is 20.4. The first kappa shape index (κ1) is 18.0. The van der Waals surface area contributed by atoms with Crippen molar-refractivity contribution < 1.29 is 24.5 Å². The molecule has 0 amide bonds.